The van der Waals surface area contributed by atoms with Crippen LogP contribution in [0.25, 0.3) is 0 Å². The van der Waals surface area contributed by atoms with Gasteiger partial charge in [-0.05, 0) is 45.7 Å². The summed E-state index contributed by atoms with van der Waals surface area (Å²) in [6.07, 6.45) is 1.78. The number of likely N-dealkylation sites (N-methyl/N-ethyl adjacent to an activating group) is 1. The summed E-state index contributed by atoms with van der Waals surface area (Å²) in [4.78, 5) is 13.8. The average molecular weight is 303 g/mol. The first-order valence-corrected chi connectivity index (χ1v) is 8.83. The molecule has 0 aliphatic carbocycles. The van der Waals surface area contributed by atoms with Crippen LogP contribution in [0.3, 0.4) is 0 Å². The SMILES string of the molecule is CN1CCN(S(=O)(=O)CC2CCNCC2)C(C)(C)C1=O. The van der Waals surface area contributed by atoms with Crippen molar-refractivity contribution < 1.29 is 13.2 Å². The van der Waals surface area contributed by atoms with Crippen LogP contribution in [0.4, 0.5) is 0 Å². The van der Waals surface area contributed by atoms with Crippen molar-refractivity contribution in [3.63, 3.8) is 0 Å². The lowest BCUT2D eigenvalue weighted by Crippen LogP contribution is -2.64. The summed E-state index contributed by atoms with van der Waals surface area (Å²) in [5.74, 6) is 0.235. The summed E-state index contributed by atoms with van der Waals surface area (Å²) in [5, 5.41) is 3.24. The topological polar surface area (TPSA) is 69.7 Å². The molecule has 2 rings (SSSR count). The maximum absolute atomic E-state index is 12.7. The number of amides is 1. The van der Waals surface area contributed by atoms with Gasteiger partial charge in [0.2, 0.25) is 15.9 Å². The first-order chi connectivity index (χ1) is 9.25. The summed E-state index contributed by atoms with van der Waals surface area (Å²) in [6.45, 7) is 6.02. The van der Waals surface area contributed by atoms with Crippen molar-refractivity contribution in [3.8, 4) is 0 Å². The zero-order valence-electron chi connectivity index (χ0n) is 12.6. The Labute approximate surface area is 121 Å². The minimum atomic E-state index is -3.39. The molecule has 1 amide bonds. The van der Waals surface area contributed by atoms with E-state index < -0.39 is 15.6 Å². The third kappa shape index (κ3) is 2.99. The quantitative estimate of drug-likeness (QED) is 0.788. The van der Waals surface area contributed by atoms with E-state index in [1.165, 1.54) is 4.31 Å². The third-order valence-corrected chi connectivity index (χ3v) is 6.58. The number of carbonyl (C=O) groups is 1. The highest BCUT2D eigenvalue weighted by molar-refractivity contribution is 7.89. The average Bonchev–Trinajstić information content (AvgIpc) is 2.36. The molecule has 0 unspecified atom stereocenters. The Balaban J connectivity index is 2.14. The van der Waals surface area contributed by atoms with E-state index in [-0.39, 0.29) is 17.6 Å². The van der Waals surface area contributed by atoms with Crippen LogP contribution in [0.2, 0.25) is 0 Å². The molecule has 0 aromatic heterocycles. The van der Waals surface area contributed by atoms with Gasteiger partial charge in [-0.25, -0.2) is 8.42 Å². The van der Waals surface area contributed by atoms with Crippen LogP contribution in [0.5, 0.6) is 0 Å². The molecule has 20 heavy (non-hydrogen) atoms. The van der Waals surface area contributed by atoms with Crippen molar-refractivity contribution in [1.29, 1.82) is 0 Å². The van der Waals surface area contributed by atoms with Gasteiger partial charge >= 0.3 is 0 Å². The van der Waals surface area contributed by atoms with Gasteiger partial charge < -0.3 is 10.2 Å². The number of nitrogens with one attached hydrogen (secondary N) is 1. The van der Waals surface area contributed by atoms with Gasteiger partial charge in [-0.15, -0.1) is 0 Å². The molecule has 0 radical (unpaired) electrons. The molecule has 116 valence electrons. The number of piperidine rings is 1. The van der Waals surface area contributed by atoms with Crippen molar-refractivity contribution in [2.24, 2.45) is 5.92 Å². The zero-order valence-corrected chi connectivity index (χ0v) is 13.4. The lowest BCUT2D eigenvalue weighted by atomic mass is 10.0. The van der Waals surface area contributed by atoms with Crippen molar-refractivity contribution in [3.05, 3.63) is 0 Å². The fraction of sp³-hybridized carbons (Fsp3) is 0.923. The summed E-state index contributed by atoms with van der Waals surface area (Å²) in [6, 6.07) is 0. The summed E-state index contributed by atoms with van der Waals surface area (Å²) < 4.78 is 26.7. The Hall–Kier alpha value is -0.660. The Kier molecular flexibility index (Phi) is 4.41. The molecule has 2 aliphatic rings. The van der Waals surface area contributed by atoms with Gasteiger partial charge in [0.25, 0.3) is 0 Å². The Morgan fingerprint density at radius 2 is 1.85 bits per heavy atom. The second-order valence-corrected chi connectivity index (χ2v) is 8.27. The number of carbonyl (C=O) groups excluding carboxylic acids is 1. The fourth-order valence-corrected chi connectivity index (χ4v) is 5.36. The molecule has 6 nitrogen and oxygen atoms in total. The zero-order chi connectivity index (χ0) is 15.0. The van der Waals surface area contributed by atoms with Gasteiger partial charge in [-0.2, -0.15) is 4.31 Å². The van der Waals surface area contributed by atoms with E-state index in [4.69, 9.17) is 0 Å². The Bertz CT molecular complexity index is 469. The number of rotatable bonds is 3. The third-order valence-electron chi connectivity index (χ3n) is 4.37. The van der Waals surface area contributed by atoms with E-state index >= 15 is 0 Å². The lowest BCUT2D eigenvalue weighted by molar-refractivity contribution is -0.142. The first-order valence-electron chi connectivity index (χ1n) is 7.22. The monoisotopic (exact) mass is 303 g/mol. The van der Waals surface area contributed by atoms with E-state index in [1.807, 2.05) is 0 Å². The van der Waals surface area contributed by atoms with Gasteiger partial charge in [0, 0.05) is 20.1 Å². The van der Waals surface area contributed by atoms with Gasteiger partial charge in [0.1, 0.15) is 5.54 Å². The van der Waals surface area contributed by atoms with Crippen LogP contribution in [-0.2, 0) is 14.8 Å². The predicted octanol–water partition coefficient (Wildman–Crippen LogP) is -0.132. The molecule has 2 aliphatic heterocycles. The molecule has 0 saturated carbocycles. The van der Waals surface area contributed by atoms with Gasteiger partial charge in [-0.1, -0.05) is 0 Å². The van der Waals surface area contributed by atoms with Gasteiger partial charge in [-0.3, -0.25) is 4.79 Å². The van der Waals surface area contributed by atoms with E-state index in [9.17, 15) is 13.2 Å². The highest BCUT2D eigenvalue weighted by Gasteiger charge is 2.46. The van der Waals surface area contributed by atoms with Crippen molar-refractivity contribution in [1.82, 2.24) is 14.5 Å². The molecule has 0 aromatic rings. The Morgan fingerprint density at radius 3 is 2.45 bits per heavy atom. The second-order valence-electron chi connectivity index (χ2n) is 6.33. The van der Waals surface area contributed by atoms with Crippen LogP contribution >= 0.6 is 0 Å². The number of sulfonamides is 1. The molecule has 2 saturated heterocycles. The molecular weight excluding hydrogens is 278 g/mol. The van der Waals surface area contributed by atoms with Gasteiger partial charge in [0.05, 0.1) is 5.75 Å². The van der Waals surface area contributed by atoms with E-state index in [2.05, 4.69) is 5.32 Å². The van der Waals surface area contributed by atoms with Crippen LogP contribution < -0.4 is 5.32 Å². The largest absolute Gasteiger partial charge is 0.343 e. The van der Waals surface area contributed by atoms with Crippen LogP contribution in [-0.4, -0.2) is 68.0 Å². The number of hydrogen-bond acceptors (Lipinski definition) is 4. The Morgan fingerprint density at radius 1 is 1.25 bits per heavy atom. The maximum Gasteiger partial charge on any atom is 0.243 e. The van der Waals surface area contributed by atoms with Crippen LogP contribution in [0.15, 0.2) is 0 Å². The maximum atomic E-state index is 12.7. The highest BCUT2D eigenvalue weighted by Crippen LogP contribution is 2.27. The fourth-order valence-electron chi connectivity index (χ4n) is 3.12. The molecule has 2 heterocycles. The van der Waals surface area contributed by atoms with E-state index in [0.717, 1.165) is 25.9 Å². The summed E-state index contributed by atoms with van der Waals surface area (Å²) in [7, 11) is -1.67. The van der Waals surface area contributed by atoms with Crippen molar-refractivity contribution in [2.45, 2.75) is 32.2 Å². The molecule has 0 bridgehead atoms. The smallest absolute Gasteiger partial charge is 0.243 e. The summed E-state index contributed by atoms with van der Waals surface area (Å²) >= 11 is 0. The lowest BCUT2D eigenvalue weighted by Gasteiger charge is -2.44. The second kappa shape index (κ2) is 5.61. The van der Waals surface area contributed by atoms with Crippen molar-refractivity contribution in [2.75, 3.05) is 39.0 Å². The van der Waals surface area contributed by atoms with Crippen molar-refractivity contribution >= 4 is 15.9 Å². The number of nitrogens with zero attached hydrogens (tertiary/aromatic N) is 2. The minimum absolute atomic E-state index is 0.127. The predicted molar refractivity (Wildman–Crippen MR) is 77.8 cm³/mol. The normalized spacial score (nSPS) is 25.9. The summed E-state index contributed by atoms with van der Waals surface area (Å²) in [5.41, 5.74) is -0.973. The van der Waals surface area contributed by atoms with Crippen LogP contribution in [0, 0.1) is 5.92 Å². The van der Waals surface area contributed by atoms with E-state index in [0.29, 0.717) is 13.1 Å². The molecule has 0 spiro atoms. The van der Waals surface area contributed by atoms with E-state index in [1.54, 1.807) is 25.8 Å². The molecule has 7 heteroatoms. The molecule has 2 fully saturated rings. The molecule has 0 atom stereocenters. The standard InChI is InChI=1S/C13H25N3O3S/c1-13(2)12(17)15(3)8-9-16(13)20(18,19)10-11-4-6-14-7-5-11/h11,14H,4-10H2,1-3H3. The van der Waals surface area contributed by atoms with Crippen LogP contribution in [0.1, 0.15) is 26.7 Å². The number of hydrogen-bond donors (Lipinski definition) is 1. The molecule has 0 aromatic carbocycles. The van der Waals surface area contributed by atoms with Gasteiger partial charge in [0.15, 0.2) is 0 Å². The highest BCUT2D eigenvalue weighted by atomic mass is 32.2. The molecular formula is C13H25N3O3S. The number of piperazine rings is 1. The molecule has 1 N–H and O–H groups in total. The minimum Gasteiger partial charge on any atom is -0.343 e. The first kappa shape index (κ1) is 15.7.